The second-order valence-electron chi connectivity index (χ2n) is 4.54. The molecule has 2 heterocycles. The standard InChI is InChI=1S/C12H15N3O/c16-9-3-2-6-15(7-9)12-10-4-1-5-11(10)13-8-14-12/h8H,1-7H2. The number of aromatic nitrogens is 2. The number of anilines is 1. The first-order valence-corrected chi connectivity index (χ1v) is 5.94. The summed E-state index contributed by atoms with van der Waals surface area (Å²) in [7, 11) is 0. The summed E-state index contributed by atoms with van der Waals surface area (Å²) in [4.78, 5) is 22.3. The zero-order valence-corrected chi connectivity index (χ0v) is 9.28. The van der Waals surface area contributed by atoms with Crippen molar-refractivity contribution in [2.75, 3.05) is 18.0 Å². The normalized spacial score (nSPS) is 20.0. The predicted molar refractivity (Wildman–Crippen MR) is 60.5 cm³/mol. The Morgan fingerprint density at radius 2 is 2.06 bits per heavy atom. The minimum Gasteiger partial charge on any atom is -0.349 e. The Labute approximate surface area is 94.7 Å². The van der Waals surface area contributed by atoms with Crippen molar-refractivity contribution in [3.8, 4) is 0 Å². The van der Waals surface area contributed by atoms with Gasteiger partial charge in [0.05, 0.1) is 6.54 Å². The minimum atomic E-state index is 0.330. The molecule has 0 spiro atoms. The molecular weight excluding hydrogens is 202 g/mol. The van der Waals surface area contributed by atoms with E-state index < -0.39 is 0 Å². The van der Waals surface area contributed by atoms with Crippen molar-refractivity contribution in [2.45, 2.75) is 32.1 Å². The van der Waals surface area contributed by atoms with E-state index in [1.165, 1.54) is 17.7 Å². The van der Waals surface area contributed by atoms with Crippen molar-refractivity contribution in [3.05, 3.63) is 17.6 Å². The molecule has 1 aliphatic carbocycles. The van der Waals surface area contributed by atoms with Crippen molar-refractivity contribution in [2.24, 2.45) is 0 Å². The number of nitrogens with zero attached hydrogens (tertiary/aromatic N) is 3. The fraction of sp³-hybridized carbons (Fsp3) is 0.583. The van der Waals surface area contributed by atoms with Gasteiger partial charge in [-0.25, -0.2) is 9.97 Å². The summed E-state index contributed by atoms with van der Waals surface area (Å²) in [5, 5.41) is 0. The average molecular weight is 217 g/mol. The number of fused-ring (bicyclic) bond motifs is 1. The van der Waals surface area contributed by atoms with Gasteiger partial charge in [0.15, 0.2) is 5.78 Å². The van der Waals surface area contributed by atoms with E-state index in [0.717, 1.165) is 38.0 Å². The van der Waals surface area contributed by atoms with Gasteiger partial charge in [0.1, 0.15) is 12.1 Å². The lowest BCUT2D eigenvalue weighted by Gasteiger charge is -2.28. The van der Waals surface area contributed by atoms with Crippen LogP contribution in [0.25, 0.3) is 0 Å². The Bertz CT molecular complexity index is 430. The average Bonchev–Trinajstić information content (AvgIpc) is 2.76. The van der Waals surface area contributed by atoms with Crippen LogP contribution in [-0.2, 0) is 17.6 Å². The maximum atomic E-state index is 11.5. The van der Waals surface area contributed by atoms with E-state index >= 15 is 0 Å². The molecule has 1 aliphatic heterocycles. The predicted octanol–water partition coefficient (Wildman–Crippen LogP) is 1.13. The Morgan fingerprint density at radius 3 is 2.94 bits per heavy atom. The lowest BCUT2D eigenvalue weighted by Crippen LogP contribution is -2.36. The molecule has 0 bridgehead atoms. The molecule has 0 aromatic carbocycles. The molecule has 1 fully saturated rings. The molecule has 1 aromatic heterocycles. The van der Waals surface area contributed by atoms with Crippen molar-refractivity contribution in [1.82, 2.24) is 9.97 Å². The molecule has 3 rings (SSSR count). The summed E-state index contributed by atoms with van der Waals surface area (Å²) < 4.78 is 0. The zero-order valence-electron chi connectivity index (χ0n) is 9.28. The first-order chi connectivity index (χ1) is 7.84. The van der Waals surface area contributed by atoms with Gasteiger partial charge in [-0.2, -0.15) is 0 Å². The molecule has 2 aliphatic rings. The van der Waals surface area contributed by atoms with Gasteiger partial charge in [-0.05, 0) is 25.7 Å². The molecule has 0 radical (unpaired) electrons. The van der Waals surface area contributed by atoms with Gasteiger partial charge in [0.2, 0.25) is 0 Å². The third kappa shape index (κ3) is 1.58. The third-order valence-electron chi connectivity index (χ3n) is 3.40. The molecular formula is C12H15N3O. The van der Waals surface area contributed by atoms with E-state index in [-0.39, 0.29) is 0 Å². The van der Waals surface area contributed by atoms with E-state index in [9.17, 15) is 4.79 Å². The Kier molecular flexibility index (Phi) is 2.35. The van der Waals surface area contributed by atoms with Gasteiger partial charge >= 0.3 is 0 Å². The van der Waals surface area contributed by atoms with Gasteiger partial charge < -0.3 is 4.90 Å². The highest BCUT2D eigenvalue weighted by Gasteiger charge is 2.24. The van der Waals surface area contributed by atoms with Crippen molar-refractivity contribution >= 4 is 11.6 Å². The highest BCUT2D eigenvalue weighted by molar-refractivity contribution is 5.84. The SMILES string of the molecule is O=C1CCCN(c2ncnc3c2CCC3)C1. The molecule has 4 heteroatoms. The van der Waals surface area contributed by atoms with Crippen LogP contribution in [-0.4, -0.2) is 28.8 Å². The summed E-state index contributed by atoms with van der Waals surface area (Å²) in [5.74, 6) is 1.34. The summed E-state index contributed by atoms with van der Waals surface area (Å²) >= 11 is 0. The second kappa shape index (κ2) is 3.85. The van der Waals surface area contributed by atoms with Gasteiger partial charge in [-0.3, -0.25) is 4.79 Å². The van der Waals surface area contributed by atoms with Crippen LogP contribution in [0.4, 0.5) is 5.82 Å². The summed E-state index contributed by atoms with van der Waals surface area (Å²) in [6, 6.07) is 0. The van der Waals surface area contributed by atoms with Crippen LogP contribution in [0.15, 0.2) is 6.33 Å². The Balaban J connectivity index is 1.94. The number of Topliss-reactive ketones (excluding diaryl/α,β-unsaturated/α-hetero) is 1. The quantitative estimate of drug-likeness (QED) is 0.707. The monoisotopic (exact) mass is 217 g/mol. The summed E-state index contributed by atoms with van der Waals surface area (Å²) in [6.45, 7) is 1.48. The fourth-order valence-corrected chi connectivity index (χ4v) is 2.63. The van der Waals surface area contributed by atoms with E-state index in [4.69, 9.17) is 0 Å². The second-order valence-corrected chi connectivity index (χ2v) is 4.54. The molecule has 1 saturated heterocycles. The first-order valence-electron chi connectivity index (χ1n) is 5.94. The van der Waals surface area contributed by atoms with Crippen LogP contribution < -0.4 is 4.90 Å². The largest absolute Gasteiger partial charge is 0.349 e. The molecule has 4 nitrogen and oxygen atoms in total. The van der Waals surface area contributed by atoms with Crippen LogP contribution >= 0.6 is 0 Å². The number of carbonyl (C=O) groups excluding carboxylic acids is 1. The van der Waals surface area contributed by atoms with E-state index in [1.54, 1.807) is 6.33 Å². The van der Waals surface area contributed by atoms with Gasteiger partial charge in [-0.15, -0.1) is 0 Å². The number of rotatable bonds is 1. The number of piperidine rings is 1. The topological polar surface area (TPSA) is 46.1 Å². The number of aryl methyl sites for hydroxylation is 1. The molecule has 0 saturated carbocycles. The number of carbonyl (C=O) groups is 1. The maximum absolute atomic E-state index is 11.5. The van der Waals surface area contributed by atoms with E-state index in [0.29, 0.717) is 12.3 Å². The summed E-state index contributed by atoms with van der Waals surface area (Å²) in [6.07, 6.45) is 6.62. The zero-order chi connectivity index (χ0) is 11.0. The smallest absolute Gasteiger partial charge is 0.152 e. The lowest BCUT2D eigenvalue weighted by molar-refractivity contribution is -0.118. The third-order valence-corrected chi connectivity index (χ3v) is 3.40. The van der Waals surface area contributed by atoms with Crippen LogP contribution in [0.3, 0.4) is 0 Å². The van der Waals surface area contributed by atoms with Gasteiger partial charge in [-0.1, -0.05) is 0 Å². The summed E-state index contributed by atoms with van der Waals surface area (Å²) in [5.41, 5.74) is 2.46. The van der Waals surface area contributed by atoms with Gasteiger partial charge in [0, 0.05) is 24.2 Å². The Morgan fingerprint density at radius 1 is 1.12 bits per heavy atom. The van der Waals surface area contributed by atoms with Gasteiger partial charge in [0.25, 0.3) is 0 Å². The van der Waals surface area contributed by atoms with Crippen molar-refractivity contribution in [1.29, 1.82) is 0 Å². The molecule has 0 atom stereocenters. The molecule has 1 aromatic rings. The number of ketones is 1. The molecule has 84 valence electrons. The highest BCUT2D eigenvalue weighted by atomic mass is 16.1. The maximum Gasteiger partial charge on any atom is 0.152 e. The van der Waals surface area contributed by atoms with Crippen LogP contribution in [0.5, 0.6) is 0 Å². The highest BCUT2D eigenvalue weighted by Crippen LogP contribution is 2.28. The van der Waals surface area contributed by atoms with Crippen molar-refractivity contribution in [3.63, 3.8) is 0 Å². The number of hydrogen-bond acceptors (Lipinski definition) is 4. The van der Waals surface area contributed by atoms with Crippen LogP contribution in [0.1, 0.15) is 30.5 Å². The first kappa shape index (κ1) is 9.75. The molecule has 0 amide bonds. The van der Waals surface area contributed by atoms with Crippen molar-refractivity contribution < 1.29 is 4.79 Å². The molecule has 16 heavy (non-hydrogen) atoms. The molecule has 0 N–H and O–H groups in total. The molecule has 0 unspecified atom stereocenters. The lowest BCUT2D eigenvalue weighted by atomic mass is 10.1. The fourth-order valence-electron chi connectivity index (χ4n) is 2.63. The Hall–Kier alpha value is -1.45. The minimum absolute atomic E-state index is 0.330. The van der Waals surface area contributed by atoms with E-state index in [1.807, 2.05) is 0 Å². The number of hydrogen-bond donors (Lipinski definition) is 0. The van der Waals surface area contributed by atoms with Crippen LogP contribution in [0, 0.1) is 0 Å². The van der Waals surface area contributed by atoms with Crippen LogP contribution in [0.2, 0.25) is 0 Å². The van der Waals surface area contributed by atoms with E-state index in [2.05, 4.69) is 14.9 Å².